The lowest BCUT2D eigenvalue weighted by molar-refractivity contribution is -0.385. The zero-order valence-corrected chi connectivity index (χ0v) is 10.5. The van der Waals surface area contributed by atoms with Crippen molar-refractivity contribution < 1.29 is 4.92 Å². The fraction of sp³-hybridized carbons (Fsp3) is 0. The van der Waals surface area contributed by atoms with Crippen LogP contribution in [0.1, 0.15) is 5.56 Å². The van der Waals surface area contributed by atoms with E-state index in [2.05, 4.69) is 15.1 Å². The number of nitrogens with zero attached hydrogens (tertiary/aromatic N) is 6. The van der Waals surface area contributed by atoms with Gasteiger partial charge in [-0.2, -0.15) is 15.3 Å². The average molecular weight is 281 g/mol. The van der Waals surface area contributed by atoms with Crippen molar-refractivity contribution in [2.45, 2.75) is 0 Å². The number of nitrogen functional groups attached to an aromatic ring is 1. The topological polar surface area (TPSA) is 137 Å². The molecule has 102 valence electrons. The molecule has 3 aromatic rings. The summed E-state index contributed by atoms with van der Waals surface area (Å²) in [7, 11) is 0. The maximum Gasteiger partial charge on any atom is 0.332 e. The molecule has 2 aromatic heterocycles. The lowest BCUT2D eigenvalue weighted by atomic mass is 10.2. The Morgan fingerprint density at radius 1 is 1.38 bits per heavy atom. The van der Waals surface area contributed by atoms with Gasteiger partial charge < -0.3 is 5.73 Å². The van der Waals surface area contributed by atoms with Crippen LogP contribution in [0.25, 0.3) is 16.7 Å². The van der Waals surface area contributed by atoms with Crippen LogP contribution in [0.15, 0.2) is 30.6 Å². The van der Waals surface area contributed by atoms with Gasteiger partial charge in [0.2, 0.25) is 11.8 Å². The minimum absolute atomic E-state index is 0.0439. The lowest BCUT2D eigenvalue weighted by Crippen LogP contribution is -2.07. The Labute approximate surface area is 117 Å². The van der Waals surface area contributed by atoms with E-state index in [-0.39, 0.29) is 17.5 Å². The standard InChI is InChI=1S/C12H7N7O2/c13-4-7-1-2-8-5-16-18(9(8)3-7)11-10(19(20)21)6-15-12(14)17-11/h1-3,5-6H,(H2,14,15,17). The molecule has 0 saturated carbocycles. The third kappa shape index (κ3) is 2.00. The molecule has 0 bridgehead atoms. The van der Waals surface area contributed by atoms with Gasteiger partial charge in [-0.25, -0.2) is 9.67 Å². The summed E-state index contributed by atoms with van der Waals surface area (Å²) in [5.74, 6) is -0.145. The zero-order chi connectivity index (χ0) is 15.0. The van der Waals surface area contributed by atoms with Crippen LogP contribution in [0, 0.1) is 21.4 Å². The van der Waals surface area contributed by atoms with Crippen molar-refractivity contribution in [3.63, 3.8) is 0 Å². The average Bonchev–Trinajstić information content (AvgIpc) is 2.89. The number of anilines is 1. The van der Waals surface area contributed by atoms with Crippen LogP contribution in [-0.4, -0.2) is 24.7 Å². The molecule has 21 heavy (non-hydrogen) atoms. The maximum atomic E-state index is 11.1. The quantitative estimate of drug-likeness (QED) is 0.549. The Hall–Kier alpha value is -3.54. The third-order valence-electron chi connectivity index (χ3n) is 2.87. The molecule has 3 rings (SSSR count). The Morgan fingerprint density at radius 3 is 2.90 bits per heavy atom. The zero-order valence-electron chi connectivity index (χ0n) is 10.5. The smallest absolute Gasteiger partial charge is 0.332 e. The van der Waals surface area contributed by atoms with E-state index >= 15 is 0 Å². The number of aromatic nitrogens is 4. The lowest BCUT2D eigenvalue weighted by Gasteiger charge is -2.04. The normalized spacial score (nSPS) is 10.4. The van der Waals surface area contributed by atoms with Crippen LogP contribution in [-0.2, 0) is 0 Å². The van der Waals surface area contributed by atoms with Crippen LogP contribution in [0.4, 0.5) is 11.6 Å². The predicted octanol–water partition coefficient (Wildman–Crippen LogP) is 1.18. The molecular formula is C12H7N7O2. The third-order valence-corrected chi connectivity index (χ3v) is 2.87. The number of fused-ring (bicyclic) bond motifs is 1. The van der Waals surface area contributed by atoms with Gasteiger partial charge in [-0.05, 0) is 18.2 Å². The molecule has 0 saturated heterocycles. The Kier molecular flexibility index (Phi) is 2.70. The van der Waals surface area contributed by atoms with E-state index in [0.717, 1.165) is 11.6 Å². The molecule has 9 nitrogen and oxygen atoms in total. The predicted molar refractivity (Wildman–Crippen MR) is 72.4 cm³/mol. The van der Waals surface area contributed by atoms with Gasteiger partial charge in [-0.3, -0.25) is 10.1 Å². The van der Waals surface area contributed by atoms with E-state index < -0.39 is 4.92 Å². The summed E-state index contributed by atoms with van der Waals surface area (Å²) in [6, 6.07) is 6.92. The Balaban J connectivity index is 2.33. The van der Waals surface area contributed by atoms with Gasteiger partial charge in [0.25, 0.3) is 0 Å². The van der Waals surface area contributed by atoms with Gasteiger partial charge in [0, 0.05) is 5.39 Å². The molecule has 0 aliphatic heterocycles. The fourth-order valence-corrected chi connectivity index (χ4v) is 1.92. The molecule has 0 aliphatic rings. The second kappa shape index (κ2) is 4.53. The van der Waals surface area contributed by atoms with E-state index in [0.29, 0.717) is 11.1 Å². The molecule has 0 amide bonds. The van der Waals surface area contributed by atoms with Crippen LogP contribution in [0.2, 0.25) is 0 Å². The highest BCUT2D eigenvalue weighted by atomic mass is 16.6. The van der Waals surface area contributed by atoms with E-state index in [1.807, 2.05) is 6.07 Å². The van der Waals surface area contributed by atoms with Crippen LogP contribution in [0.3, 0.4) is 0 Å². The number of nitrogens with two attached hydrogens (primary N) is 1. The molecular weight excluding hydrogens is 274 g/mol. The van der Waals surface area contributed by atoms with Crippen molar-refractivity contribution in [3.8, 4) is 11.9 Å². The highest BCUT2D eigenvalue weighted by molar-refractivity contribution is 5.82. The summed E-state index contributed by atoms with van der Waals surface area (Å²) < 4.78 is 1.27. The van der Waals surface area contributed by atoms with E-state index in [9.17, 15) is 10.1 Å². The van der Waals surface area contributed by atoms with Crippen molar-refractivity contribution in [3.05, 3.63) is 46.3 Å². The molecule has 0 spiro atoms. The van der Waals surface area contributed by atoms with Gasteiger partial charge in [0.05, 0.1) is 28.3 Å². The second-order valence-electron chi connectivity index (χ2n) is 4.14. The van der Waals surface area contributed by atoms with Gasteiger partial charge >= 0.3 is 5.69 Å². The minimum atomic E-state index is -0.615. The Morgan fingerprint density at radius 2 is 2.19 bits per heavy atom. The summed E-state index contributed by atoms with van der Waals surface area (Å²) in [5.41, 5.74) is 6.11. The number of rotatable bonds is 2. The largest absolute Gasteiger partial charge is 0.368 e. The molecule has 0 fully saturated rings. The number of nitro groups is 1. The summed E-state index contributed by atoms with van der Waals surface area (Å²) in [6.07, 6.45) is 2.55. The van der Waals surface area contributed by atoms with Gasteiger partial charge in [-0.1, -0.05) is 0 Å². The van der Waals surface area contributed by atoms with Gasteiger partial charge in [-0.15, -0.1) is 0 Å². The molecule has 9 heteroatoms. The molecule has 0 unspecified atom stereocenters. The molecule has 1 aromatic carbocycles. The Bertz CT molecular complexity index is 910. The SMILES string of the molecule is N#Cc1ccc2cnn(-c3nc(N)ncc3[N+](=O)[O-])c2c1. The highest BCUT2D eigenvalue weighted by Gasteiger charge is 2.20. The number of benzene rings is 1. The monoisotopic (exact) mass is 281 g/mol. The minimum Gasteiger partial charge on any atom is -0.368 e. The first-order chi connectivity index (χ1) is 10.1. The summed E-state index contributed by atoms with van der Waals surface area (Å²) in [4.78, 5) is 18.0. The number of hydrogen-bond donors (Lipinski definition) is 1. The van der Waals surface area contributed by atoms with Crippen molar-refractivity contribution in [2.75, 3.05) is 5.73 Å². The highest BCUT2D eigenvalue weighted by Crippen LogP contribution is 2.24. The van der Waals surface area contributed by atoms with Crippen LogP contribution in [0.5, 0.6) is 0 Å². The van der Waals surface area contributed by atoms with Crippen molar-refractivity contribution in [1.29, 1.82) is 5.26 Å². The van der Waals surface area contributed by atoms with Crippen molar-refractivity contribution in [2.24, 2.45) is 0 Å². The van der Waals surface area contributed by atoms with E-state index in [1.165, 1.54) is 10.9 Å². The number of nitriles is 1. The molecule has 2 N–H and O–H groups in total. The maximum absolute atomic E-state index is 11.1. The molecule has 0 radical (unpaired) electrons. The second-order valence-corrected chi connectivity index (χ2v) is 4.14. The molecule has 0 atom stereocenters. The van der Waals surface area contributed by atoms with Crippen LogP contribution >= 0.6 is 0 Å². The van der Waals surface area contributed by atoms with Gasteiger partial charge in [0.1, 0.15) is 6.20 Å². The first-order valence-electron chi connectivity index (χ1n) is 5.75. The summed E-state index contributed by atoms with van der Waals surface area (Å²) in [5, 5.41) is 24.8. The summed E-state index contributed by atoms with van der Waals surface area (Å²) >= 11 is 0. The number of hydrogen-bond acceptors (Lipinski definition) is 7. The van der Waals surface area contributed by atoms with Crippen molar-refractivity contribution >= 4 is 22.5 Å². The van der Waals surface area contributed by atoms with Crippen molar-refractivity contribution in [1.82, 2.24) is 19.7 Å². The molecule has 0 aliphatic carbocycles. The van der Waals surface area contributed by atoms with E-state index in [4.69, 9.17) is 11.0 Å². The van der Waals surface area contributed by atoms with E-state index in [1.54, 1.807) is 18.2 Å². The van der Waals surface area contributed by atoms with Crippen LogP contribution < -0.4 is 5.73 Å². The fourth-order valence-electron chi connectivity index (χ4n) is 1.92. The first-order valence-corrected chi connectivity index (χ1v) is 5.75. The van der Waals surface area contributed by atoms with Gasteiger partial charge in [0.15, 0.2) is 0 Å². The first kappa shape index (κ1) is 12.5. The molecule has 2 heterocycles. The summed E-state index contributed by atoms with van der Waals surface area (Å²) in [6.45, 7) is 0.